The highest BCUT2D eigenvalue weighted by Crippen LogP contribution is 2.28. The molecule has 0 aromatic heterocycles. The summed E-state index contributed by atoms with van der Waals surface area (Å²) in [5, 5.41) is 1.54. The van der Waals surface area contributed by atoms with Crippen molar-refractivity contribution < 1.29 is 9.47 Å². The fourth-order valence-electron chi connectivity index (χ4n) is 2.02. The molecule has 1 aromatic carbocycles. The SMILES string of the molecule is COCCN(c1cc(Cl)ccc1CBr)C(C)COC. The summed E-state index contributed by atoms with van der Waals surface area (Å²) in [5.41, 5.74) is 2.34. The first-order valence-electron chi connectivity index (χ1n) is 6.23. The number of rotatable bonds is 8. The molecule has 0 amide bonds. The summed E-state index contributed by atoms with van der Waals surface area (Å²) in [4.78, 5) is 2.27. The summed E-state index contributed by atoms with van der Waals surface area (Å²) in [6.07, 6.45) is 0. The minimum absolute atomic E-state index is 0.261. The van der Waals surface area contributed by atoms with E-state index in [9.17, 15) is 0 Å². The minimum atomic E-state index is 0.261. The molecule has 0 aliphatic rings. The zero-order chi connectivity index (χ0) is 14.3. The van der Waals surface area contributed by atoms with Gasteiger partial charge in [-0.25, -0.2) is 0 Å². The van der Waals surface area contributed by atoms with Crippen molar-refractivity contribution in [2.75, 3.05) is 38.9 Å². The molecule has 0 saturated heterocycles. The van der Waals surface area contributed by atoms with Crippen LogP contribution in [0.2, 0.25) is 5.02 Å². The highest BCUT2D eigenvalue weighted by atomic mass is 79.9. The monoisotopic (exact) mass is 349 g/mol. The maximum atomic E-state index is 6.13. The highest BCUT2D eigenvalue weighted by Gasteiger charge is 2.17. The third kappa shape index (κ3) is 4.95. The van der Waals surface area contributed by atoms with Gasteiger partial charge in [0, 0.05) is 42.8 Å². The molecule has 0 saturated carbocycles. The Hall–Kier alpha value is -0.290. The van der Waals surface area contributed by atoms with E-state index in [1.54, 1.807) is 14.2 Å². The molecule has 1 rings (SSSR count). The van der Waals surface area contributed by atoms with Crippen LogP contribution in [0.25, 0.3) is 0 Å². The molecule has 0 aliphatic carbocycles. The normalized spacial score (nSPS) is 12.5. The summed E-state index contributed by atoms with van der Waals surface area (Å²) in [7, 11) is 3.43. The Kier molecular flexibility index (Phi) is 7.76. The molecule has 0 N–H and O–H groups in total. The van der Waals surface area contributed by atoms with E-state index >= 15 is 0 Å². The van der Waals surface area contributed by atoms with Gasteiger partial charge < -0.3 is 14.4 Å². The maximum Gasteiger partial charge on any atom is 0.0663 e. The minimum Gasteiger partial charge on any atom is -0.383 e. The Balaban J connectivity index is 3.04. The van der Waals surface area contributed by atoms with Gasteiger partial charge in [0.05, 0.1) is 13.2 Å². The molecule has 0 radical (unpaired) electrons. The third-order valence-electron chi connectivity index (χ3n) is 2.98. The van der Waals surface area contributed by atoms with Crippen LogP contribution < -0.4 is 4.90 Å². The maximum absolute atomic E-state index is 6.13. The molecule has 0 fully saturated rings. The van der Waals surface area contributed by atoms with Crippen molar-refractivity contribution in [3.63, 3.8) is 0 Å². The van der Waals surface area contributed by atoms with Gasteiger partial charge in [-0.2, -0.15) is 0 Å². The molecule has 0 bridgehead atoms. The number of alkyl halides is 1. The standard InChI is InChI=1S/C14H21BrClNO2/c1-11(10-19-3)17(6-7-18-2)14-8-13(16)5-4-12(14)9-15/h4-5,8,11H,6-7,9-10H2,1-3H3. The molecule has 1 atom stereocenters. The number of hydrogen-bond donors (Lipinski definition) is 0. The molecular weight excluding hydrogens is 330 g/mol. The molecule has 1 unspecified atom stereocenters. The van der Waals surface area contributed by atoms with E-state index in [4.69, 9.17) is 21.1 Å². The molecule has 1 aromatic rings. The van der Waals surface area contributed by atoms with Gasteiger partial charge in [0.1, 0.15) is 0 Å². The Morgan fingerprint density at radius 1 is 1.32 bits per heavy atom. The van der Waals surface area contributed by atoms with Crippen LogP contribution in [0.5, 0.6) is 0 Å². The van der Waals surface area contributed by atoms with E-state index in [0.717, 1.165) is 22.6 Å². The third-order valence-corrected chi connectivity index (χ3v) is 3.82. The molecule has 0 heterocycles. The average molecular weight is 351 g/mol. The topological polar surface area (TPSA) is 21.7 Å². The van der Waals surface area contributed by atoms with Crippen LogP contribution in [-0.2, 0) is 14.8 Å². The second-order valence-corrected chi connectivity index (χ2v) is 5.39. The van der Waals surface area contributed by atoms with Crippen LogP contribution in [0.15, 0.2) is 18.2 Å². The zero-order valence-corrected chi connectivity index (χ0v) is 14.0. The number of ether oxygens (including phenoxy) is 2. The Bertz CT molecular complexity index is 390. The molecule has 108 valence electrons. The van der Waals surface area contributed by atoms with Crippen molar-refractivity contribution in [2.24, 2.45) is 0 Å². The largest absolute Gasteiger partial charge is 0.383 e. The lowest BCUT2D eigenvalue weighted by atomic mass is 10.1. The predicted molar refractivity (Wildman–Crippen MR) is 84.6 cm³/mol. The van der Waals surface area contributed by atoms with Crippen LogP contribution in [0.3, 0.4) is 0 Å². The second-order valence-electron chi connectivity index (χ2n) is 4.40. The van der Waals surface area contributed by atoms with Crippen molar-refractivity contribution in [3.8, 4) is 0 Å². The summed E-state index contributed by atoms with van der Waals surface area (Å²) < 4.78 is 10.5. The van der Waals surface area contributed by atoms with E-state index in [0.29, 0.717) is 13.2 Å². The molecular formula is C14H21BrClNO2. The van der Waals surface area contributed by atoms with Gasteiger partial charge in [-0.1, -0.05) is 33.6 Å². The van der Waals surface area contributed by atoms with Crippen molar-refractivity contribution in [1.82, 2.24) is 0 Å². The number of halogens is 2. The highest BCUT2D eigenvalue weighted by molar-refractivity contribution is 9.08. The van der Waals surface area contributed by atoms with Gasteiger partial charge in [-0.15, -0.1) is 0 Å². The van der Waals surface area contributed by atoms with Crippen molar-refractivity contribution in [1.29, 1.82) is 0 Å². The van der Waals surface area contributed by atoms with E-state index in [2.05, 4.69) is 27.8 Å². The van der Waals surface area contributed by atoms with Gasteiger partial charge in [-0.05, 0) is 24.6 Å². The number of methoxy groups -OCH3 is 2. The number of benzene rings is 1. The lowest BCUT2D eigenvalue weighted by molar-refractivity contribution is 0.171. The van der Waals surface area contributed by atoms with E-state index in [1.165, 1.54) is 5.56 Å². The first-order valence-corrected chi connectivity index (χ1v) is 7.72. The zero-order valence-electron chi connectivity index (χ0n) is 11.7. The summed E-state index contributed by atoms with van der Waals surface area (Å²) in [6.45, 7) is 4.28. The fourth-order valence-corrected chi connectivity index (χ4v) is 2.66. The van der Waals surface area contributed by atoms with Gasteiger partial charge in [0.15, 0.2) is 0 Å². The van der Waals surface area contributed by atoms with Gasteiger partial charge in [0.25, 0.3) is 0 Å². The first kappa shape index (κ1) is 16.8. The van der Waals surface area contributed by atoms with E-state index in [-0.39, 0.29) is 6.04 Å². The summed E-state index contributed by atoms with van der Waals surface area (Å²) in [5.74, 6) is 0. The van der Waals surface area contributed by atoms with Gasteiger partial charge >= 0.3 is 0 Å². The van der Waals surface area contributed by atoms with E-state index < -0.39 is 0 Å². The van der Waals surface area contributed by atoms with Crippen LogP contribution in [-0.4, -0.2) is 40.0 Å². The van der Waals surface area contributed by atoms with Crippen LogP contribution in [0.1, 0.15) is 12.5 Å². The van der Waals surface area contributed by atoms with Gasteiger partial charge in [-0.3, -0.25) is 0 Å². The number of nitrogens with zero attached hydrogens (tertiary/aromatic N) is 1. The van der Waals surface area contributed by atoms with Crippen molar-refractivity contribution in [2.45, 2.75) is 18.3 Å². The molecule has 0 spiro atoms. The Labute approximate surface area is 129 Å². The smallest absolute Gasteiger partial charge is 0.0663 e. The summed E-state index contributed by atoms with van der Waals surface area (Å²) in [6, 6.07) is 6.22. The fraction of sp³-hybridized carbons (Fsp3) is 0.571. The summed E-state index contributed by atoms with van der Waals surface area (Å²) >= 11 is 9.65. The quantitative estimate of drug-likeness (QED) is 0.667. The van der Waals surface area contributed by atoms with Gasteiger partial charge in [0.2, 0.25) is 0 Å². The van der Waals surface area contributed by atoms with E-state index in [1.807, 2.05) is 18.2 Å². The lowest BCUT2D eigenvalue weighted by Gasteiger charge is -2.32. The Morgan fingerprint density at radius 2 is 2.05 bits per heavy atom. The van der Waals surface area contributed by atoms with Crippen LogP contribution in [0, 0.1) is 0 Å². The molecule has 3 nitrogen and oxygen atoms in total. The molecule has 19 heavy (non-hydrogen) atoms. The lowest BCUT2D eigenvalue weighted by Crippen LogP contribution is -2.39. The Morgan fingerprint density at radius 3 is 2.63 bits per heavy atom. The predicted octanol–water partition coefficient (Wildman–Crippen LogP) is 3.72. The average Bonchev–Trinajstić information content (AvgIpc) is 2.40. The number of anilines is 1. The van der Waals surface area contributed by atoms with Crippen LogP contribution >= 0.6 is 27.5 Å². The second kappa shape index (κ2) is 8.80. The van der Waals surface area contributed by atoms with Crippen molar-refractivity contribution in [3.05, 3.63) is 28.8 Å². The van der Waals surface area contributed by atoms with Crippen molar-refractivity contribution >= 4 is 33.2 Å². The van der Waals surface area contributed by atoms with Crippen LogP contribution in [0.4, 0.5) is 5.69 Å². The number of hydrogen-bond acceptors (Lipinski definition) is 3. The first-order chi connectivity index (χ1) is 9.13. The molecule has 5 heteroatoms. The molecule has 0 aliphatic heterocycles.